The van der Waals surface area contributed by atoms with E-state index in [0.29, 0.717) is 18.1 Å². The SMILES string of the molecule is COc1ccc([C@H]2C(c3nc4ccccc4s3)=C(c3ccccc3)Nc3c2c(C)nn3-c2ccc(C)cc2)cc1OCc1ccccc1. The fourth-order valence-corrected chi connectivity index (χ4v) is 7.50. The van der Waals surface area contributed by atoms with Gasteiger partial charge in [-0.25, -0.2) is 9.67 Å². The number of hydrogen-bond acceptors (Lipinski definition) is 6. The molecule has 0 radical (unpaired) electrons. The summed E-state index contributed by atoms with van der Waals surface area (Å²) in [5.74, 6) is 2.10. The van der Waals surface area contributed by atoms with Crippen molar-refractivity contribution in [2.24, 2.45) is 0 Å². The van der Waals surface area contributed by atoms with E-state index in [1.807, 2.05) is 41.1 Å². The molecule has 236 valence electrons. The molecule has 48 heavy (non-hydrogen) atoms. The minimum Gasteiger partial charge on any atom is -0.493 e. The molecule has 0 unspecified atom stereocenters. The van der Waals surface area contributed by atoms with Crippen molar-refractivity contribution in [2.75, 3.05) is 12.4 Å². The molecule has 0 aliphatic carbocycles. The molecular formula is C41H34N4O2S. The van der Waals surface area contributed by atoms with Gasteiger partial charge in [0.2, 0.25) is 0 Å². The van der Waals surface area contributed by atoms with Crippen LogP contribution in [-0.4, -0.2) is 21.9 Å². The molecule has 6 nitrogen and oxygen atoms in total. The van der Waals surface area contributed by atoms with Crippen LogP contribution >= 0.6 is 11.3 Å². The average Bonchev–Trinajstić information content (AvgIpc) is 3.71. The number of allylic oxidation sites excluding steroid dienone is 1. The van der Waals surface area contributed by atoms with Gasteiger partial charge in [0.05, 0.1) is 34.4 Å². The maximum atomic E-state index is 6.46. The van der Waals surface area contributed by atoms with Gasteiger partial charge in [-0.05, 0) is 66.9 Å². The minimum atomic E-state index is -0.207. The Balaban J connectivity index is 1.38. The number of ether oxygens (including phenoxy) is 2. The van der Waals surface area contributed by atoms with Crippen LogP contribution in [0.25, 0.3) is 27.2 Å². The van der Waals surface area contributed by atoms with Crippen LogP contribution in [0.4, 0.5) is 5.82 Å². The number of para-hydroxylation sites is 1. The van der Waals surface area contributed by atoms with Crippen molar-refractivity contribution < 1.29 is 9.47 Å². The van der Waals surface area contributed by atoms with E-state index in [1.165, 1.54) is 5.56 Å². The second-order valence-electron chi connectivity index (χ2n) is 12.0. The number of nitrogens with one attached hydrogen (secondary N) is 1. The van der Waals surface area contributed by atoms with Crippen LogP contribution in [0.2, 0.25) is 0 Å². The van der Waals surface area contributed by atoms with Crippen molar-refractivity contribution in [1.82, 2.24) is 14.8 Å². The van der Waals surface area contributed by atoms with E-state index in [9.17, 15) is 0 Å². The predicted octanol–water partition coefficient (Wildman–Crippen LogP) is 9.81. The third-order valence-electron chi connectivity index (χ3n) is 8.82. The zero-order chi connectivity index (χ0) is 32.6. The maximum Gasteiger partial charge on any atom is 0.161 e. The summed E-state index contributed by atoms with van der Waals surface area (Å²) < 4.78 is 15.4. The smallest absolute Gasteiger partial charge is 0.161 e. The summed E-state index contributed by atoms with van der Waals surface area (Å²) in [7, 11) is 1.68. The molecule has 0 bridgehead atoms. The summed E-state index contributed by atoms with van der Waals surface area (Å²) >= 11 is 1.71. The van der Waals surface area contributed by atoms with Crippen molar-refractivity contribution >= 4 is 38.6 Å². The highest BCUT2D eigenvalue weighted by atomic mass is 32.1. The number of thiazole rings is 1. The molecule has 1 N–H and O–H groups in total. The second-order valence-corrected chi connectivity index (χ2v) is 13.0. The molecule has 7 heteroatoms. The Morgan fingerprint density at radius 3 is 2.27 bits per heavy atom. The number of aryl methyl sites for hydroxylation is 2. The zero-order valence-electron chi connectivity index (χ0n) is 27.0. The topological polar surface area (TPSA) is 61.2 Å². The predicted molar refractivity (Wildman–Crippen MR) is 195 cm³/mol. The molecule has 7 aromatic rings. The molecule has 0 amide bonds. The molecule has 8 rings (SSSR count). The van der Waals surface area contributed by atoms with Gasteiger partial charge >= 0.3 is 0 Å². The Morgan fingerprint density at radius 1 is 0.792 bits per heavy atom. The Morgan fingerprint density at radius 2 is 1.52 bits per heavy atom. The first kappa shape index (κ1) is 29.7. The van der Waals surface area contributed by atoms with Crippen LogP contribution in [0, 0.1) is 13.8 Å². The quantitative estimate of drug-likeness (QED) is 0.178. The lowest BCUT2D eigenvalue weighted by molar-refractivity contribution is 0.284. The molecule has 1 aliphatic heterocycles. The van der Waals surface area contributed by atoms with Crippen molar-refractivity contribution in [2.45, 2.75) is 26.4 Å². The molecule has 1 atom stereocenters. The lowest BCUT2D eigenvalue weighted by atomic mass is 9.80. The van der Waals surface area contributed by atoms with Gasteiger partial charge in [-0.1, -0.05) is 96.6 Å². The number of rotatable bonds is 8. The number of methoxy groups -OCH3 is 1. The molecule has 0 fully saturated rings. The van der Waals surface area contributed by atoms with E-state index in [1.54, 1.807) is 18.4 Å². The standard InChI is InChI=1S/C41H34N4O2S/c1-26-18-21-31(22-19-26)45-40-36(27(2)44-45)37(30-20-23-33(46-3)34(24-30)47-25-28-12-6-4-7-13-28)38(39(43-40)29-14-8-5-9-15-29)41-42-32-16-10-11-17-35(32)48-41/h4-24,37,43H,25H2,1-3H3/t37-/m1/s1. The van der Waals surface area contributed by atoms with Gasteiger partial charge in [0.25, 0.3) is 0 Å². The first-order valence-electron chi connectivity index (χ1n) is 16.0. The van der Waals surface area contributed by atoms with E-state index in [2.05, 4.69) is 110 Å². The fourth-order valence-electron chi connectivity index (χ4n) is 6.46. The summed E-state index contributed by atoms with van der Waals surface area (Å²) in [4.78, 5) is 5.23. The summed E-state index contributed by atoms with van der Waals surface area (Å²) in [6, 6.07) is 43.8. The molecule has 0 saturated heterocycles. The fraction of sp³-hybridized carbons (Fsp3) is 0.122. The lowest BCUT2D eigenvalue weighted by Gasteiger charge is -2.31. The van der Waals surface area contributed by atoms with Crippen LogP contribution in [0.5, 0.6) is 11.5 Å². The molecule has 3 heterocycles. The van der Waals surface area contributed by atoms with Gasteiger partial charge in [0.1, 0.15) is 17.4 Å². The minimum absolute atomic E-state index is 0.207. The van der Waals surface area contributed by atoms with Crippen LogP contribution in [0.15, 0.2) is 127 Å². The Labute approximate surface area is 284 Å². The van der Waals surface area contributed by atoms with E-state index < -0.39 is 0 Å². The van der Waals surface area contributed by atoms with E-state index in [0.717, 1.165) is 65.9 Å². The Kier molecular flexibility index (Phi) is 7.74. The number of fused-ring (bicyclic) bond motifs is 2. The van der Waals surface area contributed by atoms with Gasteiger partial charge in [-0.2, -0.15) is 5.10 Å². The van der Waals surface area contributed by atoms with E-state index >= 15 is 0 Å². The largest absolute Gasteiger partial charge is 0.493 e. The van der Waals surface area contributed by atoms with Gasteiger partial charge < -0.3 is 14.8 Å². The highest BCUT2D eigenvalue weighted by Gasteiger charge is 2.37. The summed E-state index contributed by atoms with van der Waals surface area (Å²) in [5.41, 5.74) is 10.5. The van der Waals surface area contributed by atoms with Crippen molar-refractivity contribution in [3.05, 3.63) is 166 Å². The molecular weight excluding hydrogens is 613 g/mol. The molecule has 2 aromatic heterocycles. The highest BCUT2D eigenvalue weighted by molar-refractivity contribution is 7.19. The average molecular weight is 647 g/mol. The van der Waals surface area contributed by atoms with Crippen molar-refractivity contribution in [1.29, 1.82) is 0 Å². The summed E-state index contributed by atoms with van der Waals surface area (Å²) in [6.07, 6.45) is 0. The third kappa shape index (κ3) is 5.42. The lowest BCUT2D eigenvalue weighted by Crippen LogP contribution is -2.19. The number of nitrogens with zero attached hydrogens (tertiary/aromatic N) is 3. The van der Waals surface area contributed by atoms with E-state index in [4.69, 9.17) is 19.6 Å². The molecule has 0 saturated carbocycles. The number of aromatic nitrogens is 3. The first-order valence-corrected chi connectivity index (χ1v) is 16.8. The summed E-state index contributed by atoms with van der Waals surface area (Å²) in [5, 5.41) is 10.00. The van der Waals surface area contributed by atoms with E-state index in [-0.39, 0.29) is 5.92 Å². The number of benzene rings is 5. The number of anilines is 1. The Bertz CT molecular complexity index is 2240. The van der Waals surface area contributed by atoms with Crippen molar-refractivity contribution in [3.8, 4) is 17.2 Å². The molecule has 1 aliphatic rings. The van der Waals surface area contributed by atoms with Crippen LogP contribution in [-0.2, 0) is 6.61 Å². The molecule has 5 aromatic carbocycles. The monoisotopic (exact) mass is 646 g/mol. The van der Waals surface area contributed by atoms with Gasteiger partial charge in [0, 0.05) is 17.1 Å². The van der Waals surface area contributed by atoms with Crippen LogP contribution in [0.3, 0.4) is 0 Å². The van der Waals surface area contributed by atoms with Gasteiger partial charge in [0.15, 0.2) is 11.5 Å². The summed E-state index contributed by atoms with van der Waals surface area (Å²) in [6.45, 7) is 4.62. The number of hydrogen-bond donors (Lipinski definition) is 1. The Hall–Kier alpha value is -5.66. The van der Waals surface area contributed by atoms with Gasteiger partial charge in [-0.15, -0.1) is 11.3 Å². The molecule has 0 spiro atoms. The van der Waals surface area contributed by atoms with Crippen LogP contribution < -0.4 is 14.8 Å². The highest BCUT2D eigenvalue weighted by Crippen LogP contribution is 2.52. The maximum absolute atomic E-state index is 6.46. The van der Waals surface area contributed by atoms with Crippen molar-refractivity contribution in [3.63, 3.8) is 0 Å². The first-order chi connectivity index (χ1) is 23.6. The van der Waals surface area contributed by atoms with Gasteiger partial charge in [-0.3, -0.25) is 0 Å². The third-order valence-corrected chi connectivity index (χ3v) is 9.89. The second kappa shape index (κ2) is 12.5. The van der Waals surface area contributed by atoms with Crippen LogP contribution in [0.1, 0.15) is 44.4 Å². The normalized spacial score (nSPS) is 14.1. The zero-order valence-corrected chi connectivity index (χ0v) is 27.8.